The minimum Gasteiger partial charge on any atom is -0.466 e. The number of amides is 4. The molecule has 0 unspecified atom stereocenters. The number of ether oxygens (including phenoxy) is 1. The number of nitrogens with one attached hydrogen (secondary N) is 3. The first-order valence-corrected chi connectivity index (χ1v) is 10.1. The molecule has 3 rings (SSSR count). The lowest BCUT2D eigenvalue weighted by Gasteiger charge is -2.35. The molecule has 0 saturated heterocycles. The van der Waals surface area contributed by atoms with E-state index in [9.17, 15) is 18.8 Å². The van der Waals surface area contributed by atoms with Crippen LogP contribution >= 0.6 is 0 Å². The van der Waals surface area contributed by atoms with Crippen LogP contribution in [0, 0.1) is 5.82 Å². The summed E-state index contributed by atoms with van der Waals surface area (Å²) >= 11 is 0. The summed E-state index contributed by atoms with van der Waals surface area (Å²) in [6.45, 7) is 4.11. The largest absolute Gasteiger partial charge is 0.466 e. The average molecular weight is 440 g/mol. The minimum absolute atomic E-state index is 0.306. The zero-order valence-electron chi connectivity index (χ0n) is 18.1. The molecule has 1 aliphatic heterocycles. The molecular formula is C23H25FN4O4. The average Bonchev–Trinajstić information content (AvgIpc) is 2.76. The number of anilines is 2. The summed E-state index contributed by atoms with van der Waals surface area (Å²) in [7, 11) is 1.29. The fourth-order valence-electron chi connectivity index (χ4n) is 3.55. The lowest BCUT2D eigenvalue weighted by molar-refractivity contribution is -0.136. The molecule has 0 aliphatic carbocycles. The number of hydrogen-bond donors (Lipinski definition) is 3. The first kappa shape index (κ1) is 22.8. The van der Waals surface area contributed by atoms with Crippen molar-refractivity contribution in [2.24, 2.45) is 0 Å². The normalized spacial score (nSPS) is 15.8. The highest BCUT2D eigenvalue weighted by Crippen LogP contribution is 2.32. The Morgan fingerprint density at radius 2 is 1.78 bits per heavy atom. The number of carbonyl (C=O) groups excluding carboxylic acids is 3. The van der Waals surface area contributed by atoms with Crippen LogP contribution in [0.5, 0.6) is 0 Å². The van der Waals surface area contributed by atoms with Crippen LogP contribution < -0.4 is 16.0 Å². The monoisotopic (exact) mass is 440 g/mol. The number of carbonyl (C=O) groups is 3. The van der Waals surface area contributed by atoms with E-state index < -0.39 is 23.9 Å². The topological polar surface area (TPSA) is 99.8 Å². The highest BCUT2D eigenvalue weighted by Gasteiger charge is 2.36. The Morgan fingerprint density at radius 3 is 2.41 bits per heavy atom. The van der Waals surface area contributed by atoms with Gasteiger partial charge in [0.1, 0.15) is 5.82 Å². The Balaban J connectivity index is 1.86. The van der Waals surface area contributed by atoms with Gasteiger partial charge in [-0.25, -0.2) is 18.8 Å². The van der Waals surface area contributed by atoms with Gasteiger partial charge in [-0.1, -0.05) is 25.1 Å². The lowest BCUT2D eigenvalue weighted by atomic mass is 9.94. The molecule has 2 aromatic carbocycles. The summed E-state index contributed by atoms with van der Waals surface area (Å²) in [6, 6.07) is 10.7. The van der Waals surface area contributed by atoms with Crippen LogP contribution in [0.1, 0.15) is 31.9 Å². The van der Waals surface area contributed by atoms with Crippen molar-refractivity contribution in [3.05, 3.63) is 71.2 Å². The summed E-state index contributed by atoms with van der Waals surface area (Å²) < 4.78 is 18.3. The molecule has 4 amide bonds. The summed E-state index contributed by atoms with van der Waals surface area (Å²) in [5.74, 6) is -1.01. The highest BCUT2D eigenvalue weighted by molar-refractivity contribution is 6.00. The van der Waals surface area contributed by atoms with Gasteiger partial charge in [0.05, 0.1) is 18.7 Å². The van der Waals surface area contributed by atoms with E-state index >= 15 is 0 Å². The molecule has 0 bridgehead atoms. The van der Waals surface area contributed by atoms with Gasteiger partial charge in [-0.05, 0) is 49.2 Å². The Hall–Kier alpha value is -3.88. The molecule has 2 aromatic rings. The SMILES string of the molecule is CCCN1C(=O)N[C@@H](c2cccc(NC(=O)Nc3cccc(F)c3)c2)C(C(=O)OC)=C1C. The minimum atomic E-state index is -0.740. The number of allylic oxidation sites excluding steroid dienone is 1. The third-order valence-electron chi connectivity index (χ3n) is 5.01. The predicted octanol–water partition coefficient (Wildman–Crippen LogP) is 4.39. The van der Waals surface area contributed by atoms with E-state index in [2.05, 4.69) is 16.0 Å². The van der Waals surface area contributed by atoms with Gasteiger partial charge in [0.25, 0.3) is 0 Å². The molecule has 9 heteroatoms. The molecule has 0 fully saturated rings. The summed E-state index contributed by atoms with van der Waals surface area (Å²) in [5, 5.41) is 8.07. The van der Waals surface area contributed by atoms with Crippen LogP contribution in [0.25, 0.3) is 0 Å². The van der Waals surface area contributed by atoms with Gasteiger partial charge in [0.2, 0.25) is 0 Å². The molecule has 0 aromatic heterocycles. The van der Waals surface area contributed by atoms with E-state index in [4.69, 9.17) is 4.74 Å². The van der Waals surface area contributed by atoms with Crippen LogP contribution in [-0.2, 0) is 9.53 Å². The van der Waals surface area contributed by atoms with Crippen LogP contribution in [0.3, 0.4) is 0 Å². The Labute approximate surface area is 185 Å². The maximum absolute atomic E-state index is 13.3. The third-order valence-corrected chi connectivity index (χ3v) is 5.01. The molecule has 168 valence electrons. The maximum atomic E-state index is 13.3. The Kier molecular flexibility index (Phi) is 7.09. The van der Waals surface area contributed by atoms with Crippen LogP contribution in [-0.4, -0.2) is 36.6 Å². The van der Waals surface area contributed by atoms with Crippen molar-refractivity contribution in [3.8, 4) is 0 Å². The second kappa shape index (κ2) is 9.95. The highest BCUT2D eigenvalue weighted by atomic mass is 19.1. The molecule has 1 atom stereocenters. The standard InChI is InChI=1S/C23H25FN4O4/c1-4-11-28-14(2)19(21(29)32-3)20(27-23(28)31)15-7-5-9-17(12-15)25-22(30)26-18-10-6-8-16(24)13-18/h5-10,12-13,20H,4,11H2,1-3H3,(H,27,31)(H2,25,26,30)/t20-/m0/s1. The van der Waals surface area contributed by atoms with Crippen molar-refractivity contribution in [3.63, 3.8) is 0 Å². The number of halogens is 1. The quantitative estimate of drug-likeness (QED) is 0.580. The molecule has 1 aliphatic rings. The third kappa shape index (κ3) is 5.05. The summed E-state index contributed by atoms with van der Waals surface area (Å²) in [5.41, 5.74) is 2.18. The van der Waals surface area contributed by atoms with Gasteiger partial charge < -0.3 is 20.7 Å². The van der Waals surface area contributed by atoms with E-state index in [-0.39, 0.29) is 6.03 Å². The second-order valence-corrected chi connectivity index (χ2v) is 7.24. The van der Waals surface area contributed by atoms with Crippen molar-refractivity contribution in [2.75, 3.05) is 24.3 Å². The van der Waals surface area contributed by atoms with Crippen molar-refractivity contribution in [1.29, 1.82) is 0 Å². The van der Waals surface area contributed by atoms with E-state index in [1.807, 2.05) is 6.92 Å². The van der Waals surface area contributed by atoms with Crippen molar-refractivity contribution in [2.45, 2.75) is 26.3 Å². The Bertz CT molecular complexity index is 1070. The number of nitrogens with zero attached hydrogens (tertiary/aromatic N) is 1. The molecular weight excluding hydrogens is 415 g/mol. The van der Waals surface area contributed by atoms with Gasteiger partial charge in [-0.15, -0.1) is 0 Å². The van der Waals surface area contributed by atoms with Crippen molar-refractivity contribution < 1.29 is 23.5 Å². The molecule has 0 spiro atoms. The van der Waals surface area contributed by atoms with Gasteiger partial charge in [-0.3, -0.25) is 4.90 Å². The summed E-state index contributed by atoms with van der Waals surface area (Å²) in [4.78, 5) is 39.0. The molecule has 32 heavy (non-hydrogen) atoms. The second-order valence-electron chi connectivity index (χ2n) is 7.24. The zero-order valence-corrected chi connectivity index (χ0v) is 18.1. The number of methoxy groups -OCH3 is 1. The van der Waals surface area contributed by atoms with Gasteiger partial charge in [-0.2, -0.15) is 0 Å². The first-order chi connectivity index (χ1) is 15.3. The van der Waals surface area contributed by atoms with Gasteiger partial charge >= 0.3 is 18.0 Å². The predicted molar refractivity (Wildman–Crippen MR) is 118 cm³/mol. The molecule has 8 nitrogen and oxygen atoms in total. The molecule has 0 radical (unpaired) electrons. The van der Waals surface area contributed by atoms with Gasteiger partial charge in [0.15, 0.2) is 0 Å². The van der Waals surface area contributed by atoms with E-state index in [0.717, 1.165) is 6.42 Å². The molecule has 3 N–H and O–H groups in total. The number of rotatable bonds is 6. The van der Waals surface area contributed by atoms with Crippen LogP contribution in [0.4, 0.5) is 25.4 Å². The fraction of sp³-hybridized carbons (Fsp3) is 0.261. The number of esters is 1. The van der Waals surface area contributed by atoms with E-state index in [1.54, 1.807) is 37.3 Å². The van der Waals surface area contributed by atoms with E-state index in [1.165, 1.54) is 30.2 Å². The maximum Gasteiger partial charge on any atom is 0.337 e. The number of hydrogen-bond acceptors (Lipinski definition) is 4. The lowest BCUT2D eigenvalue weighted by Crippen LogP contribution is -2.48. The zero-order chi connectivity index (χ0) is 23.3. The molecule has 0 saturated carbocycles. The Morgan fingerprint density at radius 1 is 1.12 bits per heavy atom. The van der Waals surface area contributed by atoms with Crippen LogP contribution in [0.15, 0.2) is 59.8 Å². The fourth-order valence-corrected chi connectivity index (χ4v) is 3.55. The number of benzene rings is 2. The summed E-state index contributed by atoms with van der Waals surface area (Å²) in [6.07, 6.45) is 0.726. The van der Waals surface area contributed by atoms with E-state index in [0.29, 0.717) is 34.8 Å². The smallest absolute Gasteiger partial charge is 0.337 e. The van der Waals surface area contributed by atoms with Crippen molar-refractivity contribution >= 4 is 29.4 Å². The molecule has 1 heterocycles. The number of urea groups is 2. The van der Waals surface area contributed by atoms with Crippen LogP contribution in [0.2, 0.25) is 0 Å². The van der Waals surface area contributed by atoms with Crippen molar-refractivity contribution in [1.82, 2.24) is 10.2 Å². The van der Waals surface area contributed by atoms with Gasteiger partial charge in [0, 0.05) is 23.6 Å². The first-order valence-electron chi connectivity index (χ1n) is 10.1.